The number of amides is 2. The lowest BCUT2D eigenvalue weighted by atomic mass is 10.1. The lowest BCUT2D eigenvalue weighted by Gasteiger charge is -2.20. The molecule has 0 saturated carbocycles. The van der Waals surface area contributed by atoms with Crippen LogP contribution in [0.4, 0.5) is 11.4 Å². The number of anilines is 2. The highest BCUT2D eigenvalue weighted by atomic mass is 32.2. The number of rotatable bonds is 6. The maximum Gasteiger partial charge on any atom is 0.243 e. The van der Waals surface area contributed by atoms with Crippen LogP contribution in [0.5, 0.6) is 5.75 Å². The molecule has 2 fully saturated rings. The van der Waals surface area contributed by atoms with Crippen LogP contribution in [0.3, 0.4) is 0 Å². The van der Waals surface area contributed by atoms with Crippen LogP contribution in [-0.4, -0.2) is 51.3 Å². The predicted octanol–water partition coefficient (Wildman–Crippen LogP) is 3.25. The Bertz CT molecular complexity index is 1090. The van der Waals surface area contributed by atoms with Crippen LogP contribution in [0.2, 0.25) is 0 Å². The molecule has 4 rings (SSSR count). The van der Waals surface area contributed by atoms with Gasteiger partial charge in [-0.1, -0.05) is 12.8 Å². The summed E-state index contributed by atoms with van der Waals surface area (Å²) >= 11 is 0. The quantitative estimate of drug-likeness (QED) is 0.698. The Hall–Kier alpha value is -2.91. The highest BCUT2D eigenvalue weighted by molar-refractivity contribution is 7.89. The monoisotopic (exact) mass is 471 g/mol. The summed E-state index contributed by atoms with van der Waals surface area (Å²) < 4.78 is 32.5. The number of hydrogen-bond acceptors (Lipinski definition) is 5. The van der Waals surface area contributed by atoms with E-state index in [1.54, 1.807) is 52.7 Å². The molecule has 2 aromatic rings. The normalized spacial score (nSPS) is 19.8. The van der Waals surface area contributed by atoms with Gasteiger partial charge in [-0.15, -0.1) is 0 Å². The molecule has 2 aromatic carbocycles. The number of nitrogens with one attached hydrogen (secondary N) is 1. The zero-order chi connectivity index (χ0) is 23.4. The van der Waals surface area contributed by atoms with E-state index in [1.807, 2.05) is 0 Å². The van der Waals surface area contributed by atoms with Gasteiger partial charge in [0.25, 0.3) is 0 Å². The molecular weight excluding hydrogens is 442 g/mol. The molecule has 1 N–H and O–H groups in total. The fourth-order valence-electron chi connectivity index (χ4n) is 4.28. The maximum absolute atomic E-state index is 12.9. The number of sulfonamides is 1. The molecule has 8 nitrogen and oxygen atoms in total. The van der Waals surface area contributed by atoms with Gasteiger partial charge in [-0.3, -0.25) is 9.59 Å². The molecule has 0 aromatic heterocycles. The summed E-state index contributed by atoms with van der Waals surface area (Å²) in [5, 5.41) is 2.82. The lowest BCUT2D eigenvalue weighted by Crippen LogP contribution is -2.32. The maximum atomic E-state index is 12.9. The highest BCUT2D eigenvalue weighted by Gasteiger charge is 2.35. The summed E-state index contributed by atoms with van der Waals surface area (Å²) in [7, 11) is -1.96. The number of methoxy groups -OCH3 is 1. The van der Waals surface area contributed by atoms with E-state index in [1.165, 1.54) is 12.1 Å². The van der Waals surface area contributed by atoms with Gasteiger partial charge >= 0.3 is 0 Å². The van der Waals surface area contributed by atoms with E-state index < -0.39 is 15.9 Å². The van der Waals surface area contributed by atoms with Crippen molar-refractivity contribution in [2.45, 2.75) is 37.0 Å². The van der Waals surface area contributed by atoms with E-state index in [-0.39, 0.29) is 23.1 Å². The average Bonchev–Trinajstić information content (AvgIpc) is 3.02. The minimum atomic E-state index is -3.54. The van der Waals surface area contributed by atoms with Gasteiger partial charge in [0.2, 0.25) is 21.8 Å². The SMILES string of the molecule is COc1ccc(N2C[C@H](C(=O)Nc3ccc(S(=O)(=O)N4CCCCCC4)cc3)CC2=O)cc1. The van der Waals surface area contributed by atoms with Crippen molar-refractivity contribution in [3.8, 4) is 5.75 Å². The molecule has 0 bridgehead atoms. The molecule has 0 radical (unpaired) electrons. The summed E-state index contributed by atoms with van der Waals surface area (Å²) in [5.41, 5.74) is 1.23. The van der Waals surface area contributed by atoms with Gasteiger partial charge in [0, 0.05) is 37.4 Å². The number of carbonyl (C=O) groups excluding carboxylic acids is 2. The van der Waals surface area contributed by atoms with Crippen molar-refractivity contribution < 1.29 is 22.7 Å². The Morgan fingerprint density at radius 3 is 2.21 bits per heavy atom. The van der Waals surface area contributed by atoms with Crippen molar-refractivity contribution in [2.75, 3.05) is 37.0 Å². The van der Waals surface area contributed by atoms with Crippen molar-refractivity contribution in [2.24, 2.45) is 5.92 Å². The van der Waals surface area contributed by atoms with Gasteiger partial charge in [0.1, 0.15) is 5.75 Å². The minimum absolute atomic E-state index is 0.112. The van der Waals surface area contributed by atoms with Crippen LogP contribution < -0.4 is 15.0 Å². The van der Waals surface area contributed by atoms with Gasteiger partial charge in [-0.05, 0) is 61.4 Å². The highest BCUT2D eigenvalue weighted by Crippen LogP contribution is 2.28. The van der Waals surface area contributed by atoms with E-state index in [0.29, 0.717) is 31.1 Å². The number of benzene rings is 2. The number of ether oxygens (including phenoxy) is 1. The Morgan fingerprint density at radius 2 is 1.61 bits per heavy atom. The first kappa shape index (κ1) is 23.3. The summed E-state index contributed by atoms with van der Waals surface area (Å²) in [6, 6.07) is 13.4. The smallest absolute Gasteiger partial charge is 0.243 e. The van der Waals surface area contributed by atoms with Crippen molar-refractivity contribution in [1.29, 1.82) is 0 Å². The second-order valence-corrected chi connectivity index (χ2v) is 10.4. The predicted molar refractivity (Wildman–Crippen MR) is 126 cm³/mol. The van der Waals surface area contributed by atoms with Crippen molar-refractivity contribution in [1.82, 2.24) is 4.31 Å². The molecule has 0 unspecified atom stereocenters. The number of hydrogen-bond donors (Lipinski definition) is 1. The zero-order valence-corrected chi connectivity index (χ0v) is 19.5. The lowest BCUT2D eigenvalue weighted by molar-refractivity contribution is -0.122. The van der Waals surface area contributed by atoms with Gasteiger partial charge in [-0.25, -0.2) is 8.42 Å². The summed E-state index contributed by atoms with van der Waals surface area (Å²) in [5.74, 6) is -0.164. The van der Waals surface area contributed by atoms with Crippen LogP contribution in [0.25, 0.3) is 0 Å². The van der Waals surface area contributed by atoms with E-state index in [0.717, 1.165) is 31.4 Å². The molecule has 2 aliphatic heterocycles. The Kier molecular flexibility index (Phi) is 6.99. The molecule has 1 atom stereocenters. The van der Waals surface area contributed by atoms with E-state index in [2.05, 4.69) is 5.32 Å². The van der Waals surface area contributed by atoms with E-state index in [4.69, 9.17) is 4.74 Å². The molecule has 176 valence electrons. The summed E-state index contributed by atoms with van der Waals surface area (Å²) in [6.07, 6.45) is 3.98. The second-order valence-electron chi connectivity index (χ2n) is 8.44. The third-order valence-electron chi connectivity index (χ3n) is 6.20. The third-order valence-corrected chi connectivity index (χ3v) is 8.12. The summed E-state index contributed by atoms with van der Waals surface area (Å²) in [4.78, 5) is 27.1. The molecule has 33 heavy (non-hydrogen) atoms. The molecule has 9 heteroatoms. The fraction of sp³-hybridized carbons (Fsp3) is 0.417. The largest absolute Gasteiger partial charge is 0.497 e. The van der Waals surface area contributed by atoms with Gasteiger partial charge in [0.15, 0.2) is 0 Å². The molecule has 2 saturated heterocycles. The van der Waals surface area contributed by atoms with Crippen LogP contribution in [0.15, 0.2) is 53.4 Å². The van der Waals surface area contributed by atoms with Crippen molar-refractivity contribution in [3.63, 3.8) is 0 Å². The van der Waals surface area contributed by atoms with E-state index >= 15 is 0 Å². The molecule has 2 heterocycles. The van der Waals surface area contributed by atoms with Crippen LogP contribution in [0.1, 0.15) is 32.1 Å². The van der Waals surface area contributed by atoms with Crippen molar-refractivity contribution in [3.05, 3.63) is 48.5 Å². The molecular formula is C24H29N3O5S. The Balaban J connectivity index is 1.39. The summed E-state index contributed by atoms with van der Waals surface area (Å²) in [6.45, 7) is 1.38. The van der Waals surface area contributed by atoms with Crippen LogP contribution in [0, 0.1) is 5.92 Å². The molecule has 0 spiro atoms. The Labute approximate surface area is 194 Å². The van der Waals surface area contributed by atoms with Crippen LogP contribution in [-0.2, 0) is 19.6 Å². The van der Waals surface area contributed by atoms with Gasteiger partial charge in [-0.2, -0.15) is 4.31 Å². The molecule has 0 aliphatic carbocycles. The number of carbonyl (C=O) groups is 2. The first-order valence-corrected chi connectivity index (χ1v) is 12.7. The fourth-order valence-corrected chi connectivity index (χ4v) is 5.80. The minimum Gasteiger partial charge on any atom is -0.497 e. The van der Waals surface area contributed by atoms with Gasteiger partial charge in [0.05, 0.1) is 17.9 Å². The van der Waals surface area contributed by atoms with Crippen molar-refractivity contribution >= 4 is 33.2 Å². The van der Waals surface area contributed by atoms with E-state index in [9.17, 15) is 18.0 Å². The Morgan fingerprint density at radius 1 is 0.970 bits per heavy atom. The second kappa shape index (κ2) is 9.93. The first-order chi connectivity index (χ1) is 15.9. The average molecular weight is 472 g/mol. The standard InChI is InChI=1S/C24H29N3O5S/c1-32-21-10-8-20(9-11-21)27-17-18(16-23(27)28)24(29)25-19-6-12-22(13-7-19)33(30,31)26-14-4-2-3-5-15-26/h6-13,18H,2-5,14-17H2,1H3,(H,25,29)/t18-/m1/s1. The third kappa shape index (κ3) is 5.20. The number of nitrogens with zero attached hydrogens (tertiary/aromatic N) is 2. The van der Waals surface area contributed by atoms with Crippen LogP contribution >= 0.6 is 0 Å². The topological polar surface area (TPSA) is 96.0 Å². The molecule has 2 aliphatic rings. The van der Waals surface area contributed by atoms with Gasteiger partial charge < -0.3 is 15.0 Å². The zero-order valence-electron chi connectivity index (χ0n) is 18.7. The first-order valence-electron chi connectivity index (χ1n) is 11.2. The molecule has 2 amide bonds.